The lowest BCUT2D eigenvalue weighted by Crippen LogP contribution is -2.57. The van der Waals surface area contributed by atoms with Crippen LogP contribution >= 0.6 is 0 Å². The molecule has 0 radical (unpaired) electrons. The van der Waals surface area contributed by atoms with E-state index in [1.54, 1.807) is 13.8 Å². The van der Waals surface area contributed by atoms with Crippen LogP contribution in [0.25, 0.3) is 0 Å². The largest absolute Gasteiger partial charge is 0.477 e. The minimum atomic E-state index is -1.21. The molecule has 2 rings (SSSR count). The second kappa shape index (κ2) is 8.31. The smallest absolute Gasteiger partial charge is 0.353 e. The Morgan fingerprint density at radius 3 is 2.56 bits per heavy atom. The van der Waals surface area contributed by atoms with Crippen molar-refractivity contribution in [2.75, 3.05) is 6.61 Å². The highest BCUT2D eigenvalue weighted by Gasteiger charge is 2.36. The van der Waals surface area contributed by atoms with Crippen LogP contribution < -0.4 is 10.7 Å². The van der Waals surface area contributed by atoms with Gasteiger partial charge in [-0.2, -0.15) is 5.10 Å². The van der Waals surface area contributed by atoms with Gasteiger partial charge in [-0.1, -0.05) is 6.07 Å². The molecular formula is C19H27F2N3O3. The Kier molecular flexibility index (Phi) is 6.54. The van der Waals surface area contributed by atoms with E-state index >= 15 is 0 Å². The van der Waals surface area contributed by atoms with Crippen molar-refractivity contribution in [2.24, 2.45) is 5.10 Å². The summed E-state index contributed by atoms with van der Waals surface area (Å²) in [6.07, 6.45) is 1.49. The molecule has 1 aromatic carbocycles. The van der Waals surface area contributed by atoms with Crippen molar-refractivity contribution < 1.29 is 23.4 Å². The zero-order valence-corrected chi connectivity index (χ0v) is 16.1. The number of carboxylic acids is 1. The Bertz CT molecular complexity index is 700. The SMILES string of the molecule is CC1(C)CC(NC(C)(C)/C(=N\NCc2c(F)cccc2F)C(=O)O)CCO1. The summed E-state index contributed by atoms with van der Waals surface area (Å²) in [5.74, 6) is -2.63. The Labute approximate surface area is 158 Å². The minimum absolute atomic E-state index is 0.0670. The molecule has 0 amide bonds. The molecule has 0 bridgehead atoms. The number of carboxylic acid groups (broad SMARTS) is 1. The molecule has 1 aliphatic rings. The number of ether oxygens (including phenoxy) is 1. The summed E-state index contributed by atoms with van der Waals surface area (Å²) in [6, 6.07) is 3.61. The summed E-state index contributed by atoms with van der Waals surface area (Å²) in [6.45, 7) is 7.75. The fraction of sp³-hybridized carbons (Fsp3) is 0.579. The van der Waals surface area contributed by atoms with E-state index in [0.29, 0.717) is 6.61 Å². The maximum absolute atomic E-state index is 13.7. The molecule has 27 heavy (non-hydrogen) atoms. The molecule has 1 aromatic rings. The van der Waals surface area contributed by atoms with E-state index in [1.165, 1.54) is 6.07 Å². The van der Waals surface area contributed by atoms with Crippen LogP contribution in [0.15, 0.2) is 23.3 Å². The molecule has 1 atom stereocenters. The predicted octanol–water partition coefficient (Wildman–Crippen LogP) is 2.82. The first kappa shape index (κ1) is 21.2. The third-order valence-corrected chi connectivity index (χ3v) is 4.57. The molecule has 0 aliphatic carbocycles. The van der Waals surface area contributed by atoms with E-state index in [0.717, 1.165) is 25.0 Å². The quantitative estimate of drug-likeness (QED) is 0.498. The number of nitrogens with one attached hydrogen (secondary N) is 2. The van der Waals surface area contributed by atoms with Gasteiger partial charge in [0.1, 0.15) is 11.6 Å². The van der Waals surface area contributed by atoms with E-state index in [-0.39, 0.29) is 29.5 Å². The van der Waals surface area contributed by atoms with Gasteiger partial charge in [-0.3, -0.25) is 0 Å². The van der Waals surface area contributed by atoms with Crippen molar-refractivity contribution in [3.05, 3.63) is 35.4 Å². The van der Waals surface area contributed by atoms with Crippen LogP contribution in [0, 0.1) is 11.6 Å². The van der Waals surface area contributed by atoms with Crippen LogP contribution in [-0.4, -0.2) is 40.6 Å². The maximum Gasteiger partial charge on any atom is 0.353 e. The molecule has 1 heterocycles. The first-order chi connectivity index (χ1) is 12.5. The molecule has 150 valence electrons. The van der Waals surface area contributed by atoms with Gasteiger partial charge in [-0.15, -0.1) is 0 Å². The average molecular weight is 383 g/mol. The molecule has 0 saturated carbocycles. The van der Waals surface area contributed by atoms with Gasteiger partial charge in [-0.05, 0) is 52.7 Å². The molecule has 1 unspecified atom stereocenters. The minimum Gasteiger partial charge on any atom is -0.477 e. The van der Waals surface area contributed by atoms with E-state index < -0.39 is 23.1 Å². The first-order valence-corrected chi connectivity index (χ1v) is 8.91. The number of benzene rings is 1. The van der Waals surface area contributed by atoms with Crippen LogP contribution in [0.2, 0.25) is 0 Å². The summed E-state index contributed by atoms with van der Waals surface area (Å²) in [5, 5.41) is 16.8. The van der Waals surface area contributed by atoms with Crippen LogP contribution in [-0.2, 0) is 16.1 Å². The fourth-order valence-electron chi connectivity index (χ4n) is 3.29. The summed E-state index contributed by atoms with van der Waals surface area (Å²) in [5.41, 5.74) is 0.893. The Morgan fingerprint density at radius 2 is 2.00 bits per heavy atom. The van der Waals surface area contributed by atoms with Crippen molar-refractivity contribution in [1.82, 2.24) is 10.7 Å². The number of nitrogens with zero attached hydrogens (tertiary/aromatic N) is 1. The third-order valence-electron chi connectivity index (χ3n) is 4.57. The predicted molar refractivity (Wildman–Crippen MR) is 98.5 cm³/mol. The highest BCUT2D eigenvalue weighted by atomic mass is 19.1. The number of rotatable bonds is 7. The highest BCUT2D eigenvalue weighted by molar-refractivity contribution is 6.39. The van der Waals surface area contributed by atoms with Crippen molar-refractivity contribution in [2.45, 2.75) is 64.3 Å². The van der Waals surface area contributed by atoms with Gasteiger partial charge in [0.2, 0.25) is 0 Å². The normalized spacial score (nSPS) is 20.4. The number of carbonyl (C=O) groups is 1. The number of halogens is 2. The molecule has 8 heteroatoms. The zero-order valence-electron chi connectivity index (χ0n) is 16.1. The van der Waals surface area contributed by atoms with E-state index in [1.807, 2.05) is 13.8 Å². The van der Waals surface area contributed by atoms with E-state index in [4.69, 9.17) is 4.74 Å². The number of aliphatic carboxylic acids is 1. The van der Waals surface area contributed by atoms with E-state index in [2.05, 4.69) is 15.8 Å². The first-order valence-electron chi connectivity index (χ1n) is 8.91. The number of hydrogen-bond donors (Lipinski definition) is 3. The van der Waals surface area contributed by atoms with Crippen LogP contribution in [0.1, 0.15) is 46.1 Å². The van der Waals surface area contributed by atoms with Crippen LogP contribution in [0.3, 0.4) is 0 Å². The fourth-order valence-corrected chi connectivity index (χ4v) is 3.29. The second-order valence-corrected chi connectivity index (χ2v) is 7.87. The molecule has 1 fully saturated rings. The van der Waals surface area contributed by atoms with Gasteiger partial charge in [0.05, 0.1) is 17.7 Å². The molecule has 0 spiro atoms. The molecule has 6 nitrogen and oxygen atoms in total. The maximum atomic E-state index is 13.7. The van der Waals surface area contributed by atoms with E-state index in [9.17, 15) is 18.7 Å². The van der Waals surface area contributed by atoms with Gasteiger partial charge in [0, 0.05) is 18.2 Å². The molecule has 1 saturated heterocycles. The van der Waals surface area contributed by atoms with Crippen molar-refractivity contribution in [3.8, 4) is 0 Å². The summed E-state index contributed by atoms with van der Waals surface area (Å²) < 4.78 is 33.0. The van der Waals surface area contributed by atoms with Crippen molar-refractivity contribution in [3.63, 3.8) is 0 Å². The van der Waals surface area contributed by atoms with Gasteiger partial charge in [0.15, 0.2) is 5.71 Å². The van der Waals surface area contributed by atoms with Crippen molar-refractivity contribution >= 4 is 11.7 Å². The monoisotopic (exact) mass is 383 g/mol. The average Bonchev–Trinajstić information content (AvgIpc) is 2.51. The summed E-state index contributed by atoms with van der Waals surface area (Å²) >= 11 is 0. The third kappa shape index (κ3) is 5.71. The van der Waals surface area contributed by atoms with Gasteiger partial charge < -0.3 is 20.6 Å². The topological polar surface area (TPSA) is 83.0 Å². The Balaban J connectivity index is 2.10. The molecule has 0 aromatic heterocycles. The lowest BCUT2D eigenvalue weighted by atomic mass is 9.90. The van der Waals surface area contributed by atoms with Gasteiger partial charge >= 0.3 is 5.97 Å². The second-order valence-electron chi connectivity index (χ2n) is 7.87. The zero-order chi connectivity index (χ0) is 20.2. The summed E-state index contributed by atoms with van der Waals surface area (Å²) in [7, 11) is 0. The standard InChI is InChI=1S/C19H27F2N3O3/c1-18(2)10-12(8-9-27-18)23-19(3,4)16(17(25)26)24-22-11-13-14(20)6-5-7-15(13)21/h5-7,12,22-23H,8-11H2,1-4H3,(H,25,26)/b24-16-. The number of hydrogen-bond acceptors (Lipinski definition) is 5. The lowest BCUT2D eigenvalue weighted by Gasteiger charge is -2.39. The van der Waals surface area contributed by atoms with Gasteiger partial charge in [-0.25, -0.2) is 13.6 Å². The highest BCUT2D eigenvalue weighted by Crippen LogP contribution is 2.25. The Hall–Kier alpha value is -2.06. The lowest BCUT2D eigenvalue weighted by molar-refractivity contribution is -0.129. The van der Waals surface area contributed by atoms with Crippen LogP contribution in [0.5, 0.6) is 0 Å². The molecule has 1 aliphatic heterocycles. The van der Waals surface area contributed by atoms with Crippen molar-refractivity contribution in [1.29, 1.82) is 0 Å². The summed E-state index contributed by atoms with van der Waals surface area (Å²) in [4.78, 5) is 11.7. The van der Waals surface area contributed by atoms with Gasteiger partial charge in [0.25, 0.3) is 0 Å². The van der Waals surface area contributed by atoms with Crippen LogP contribution in [0.4, 0.5) is 8.78 Å². The molecular weight excluding hydrogens is 356 g/mol. The molecule has 3 N–H and O–H groups in total. The Morgan fingerprint density at radius 1 is 1.37 bits per heavy atom. The number of hydrazone groups is 1.